The normalized spacial score (nSPS) is 17.7. The topological polar surface area (TPSA) is 100 Å². The predicted molar refractivity (Wildman–Crippen MR) is 91.8 cm³/mol. The molecule has 0 bridgehead atoms. The van der Waals surface area contributed by atoms with E-state index in [4.69, 9.17) is 8.94 Å². The van der Waals surface area contributed by atoms with E-state index in [2.05, 4.69) is 5.16 Å². The van der Waals surface area contributed by atoms with Crippen molar-refractivity contribution in [2.75, 3.05) is 39.3 Å². The summed E-state index contributed by atoms with van der Waals surface area (Å²) < 4.78 is 10.1. The van der Waals surface area contributed by atoms with Crippen molar-refractivity contribution in [1.29, 1.82) is 0 Å². The van der Waals surface area contributed by atoms with Crippen LogP contribution in [-0.2, 0) is 4.79 Å². The summed E-state index contributed by atoms with van der Waals surface area (Å²) in [5, 5.41) is 3.72. The summed E-state index contributed by atoms with van der Waals surface area (Å²) in [6.45, 7) is 4.40. The van der Waals surface area contributed by atoms with Gasteiger partial charge in [0.15, 0.2) is 11.5 Å². The van der Waals surface area contributed by atoms with Crippen LogP contribution in [0.3, 0.4) is 0 Å². The second-order valence-electron chi connectivity index (χ2n) is 6.82. The fourth-order valence-electron chi connectivity index (χ4n) is 3.37. The van der Waals surface area contributed by atoms with E-state index in [0.717, 1.165) is 0 Å². The molecule has 27 heavy (non-hydrogen) atoms. The maximum absolute atomic E-state index is 12.6. The Bertz CT molecular complexity index is 845. The zero-order valence-electron chi connectivity index (χ0n) is 15.0. The van der Waals surface area contributed by atoms with Gasteiger partial charge in [-0.15, -0.1) is 0 Å². The molecule has 2 aromatic heterocycles. The summed E-state index contributed by atoms with van der Waals surface area (Å²) in [4.78, 5) is 42.2. The quantitative estimate of drug-likeness (QED) is 0.784. The Kier molecular flexibility index (Phi) is 4.43. The molecule has 0 spiro atoms. The Balaban J connectivity index is 1.26. The number of hydrogen-bond acceptors (Lipinski definition) is 6. The maximum Gasteiger partial charge on any atom is 0.289 e. The zero-order chi connectivity index (χ0) is 19.0. The van der Waals surface area contributed by atoms with Crippen LogP contribution in [0.15, 0.2) is 33.4 Å². The number of amides is 3. The second-order valence-corrected chi connectivity index (χ2v) is 6.82. The van der Waals surface area contributed by atoms with Gasteiger partial charge in [0.05, 0.1) is 12.2 Å². The number of piperazine rings is 1. The van der Waals surface area contributed by atoms with Crippen LogP contribution in [-0.4, -0.2) is 76.8 Å². The molecule has 3 amide bonds. The van der Waals surface area contributed by atoms with Gasteiger partial charge in [-0.05, 0) is 19.1 Å². The summed E-state index contributed by atoms with van der Waals surface area (Å²) in [6.07, 6.45) is 1.47. The number of carbonyl (C=O) groups is 3. The third kappa shape index (κ3) is 3.32. The lowest BCUT2D eigenvalue weighted by atomic mass is 9.97. The molecular formula is C18H20N4O5. The van der Waals surface area contributed by atoms with Gasteiger partial charge in [0.25, 0.3) is 11.8 Å². The molecule has 2 fully saturated rings. The van der Waals surface area contributed by atoms with Crippen LogP contribution in [0.25, 0.3) is 0 Å². The number of furan rings is 1. The number of hydrogen-bond donors (Lipinski definition) is 0. The van der Waals surface area contributed by atoms with Crippen molar-refractivity contribution in [3.8, 4) is 0 Å². The first-order valence-electron chi connectivity index (χ1n) is 8.87. The largest absolute Gasteiger partial charge is 0.459 e. The van der Waals surface area contributed by atoms with Crippen LogP contribution in [0.1, 0.15) is 26.8 Å². The van der Waals surface area contributed by atoms with Crippen LogP contribution in [0, 0.1) is 12.8 Å². The Morgan fingerprint density at radius 1 is 1.04 bits per heavy atom. The third-order valence-electron chi connectivity index (χ3n) is 4.98. The number of likely N-dealkylation sites (tertiary alicyclic amines) is 1. The Morgan fingerprint density at radius 2 is 1.74 bits per heavy atom. The van der Waals surface area contributed by atoms with Crippen LogP contribution in [0.4, 0.5) is 0 Å². The lowest BCUT2D eigenvalue weighted by Crippen LogP contribution is -2.59. The van der Waals surface area contributed by atoms with Crippen molar-refractivity contribution < 1.29 is 23.3 Å². The van der Waals surface area contributed by atoms with Gasteiger partial charge in [0.1, 0.15) is 5.76 Å². The third-order valence-corrected chi connectivity index (χ3v) is 4.98. The van der Waals surface area contributed by atoms with Crippen molar-refractivity contribution in [2.45, 2.75) is 6.92 Å². The maximum atomic E-state index is 12.6. The molecule has 0 saturated carbocycles. The first-order chi connectivity index (χ1) is 13.0. The summed E-state index contributed by atoms with van der Waals surface area (Å²) in [7, 11) is 0. The van der Waals surface area contributed by atoms with Gasteiger partial charge in [-0.3, -0.25) is 14.4 Å². The highest BCUT2D eigenvalue weighted by Crippen LogP contribution is 2.22. The van der Waals surface area contributed by atoms with E-state index in [1.165, 1.54) is 6.26 Å². The van der Waals surface area contributed by atoms with Gasteiger partial charge in [0.2, 0.25) is 5.91 Å². The fourth-order valence-corrected chi connectivity index (χ4v) is 3.37. The van der Waals surface area contributed by atoms with Gasteiger partial charge in [-0.25, -0.2) is 0 Å². The van der Waals surface area contributed by atoms with E-state index in [9.17, 15) is 14.4 Å². The molecule has 4 rings (SSSR count). The fraction of sp³-hybridized carbons (Fsp3) is 0.444. The number of aromatic nitrogens is 1. The Hall–Kier alpha value is -3.10. The van der Waals surface area contributed by atoms with Crippen LogP contribution >= 0.6 is 0 Å². The summed E-state index contributed by atoms with van der Waals surface area (Å²) in [5.74, 6) is 0.342. The number of aryl methyl sites for hydroxylation is 1. The molecule has 2 aliphatic heterocycles. The lowest BCUT2D eigenvalue weighted by Gasteiger charge is -2.42. The summed E-state index contributed by atoms with van der Waals surface area (Å²) >= 11 is 0. The average Bonchev–Trinajstić information content (AvgIpc) is 3.31. The Labute approximate surface area is 155 Å². The monoisotopic (exact) mass is 372 g/mol. The highest BCUT2D eigenvalue weighted by atomic mass is 16.5. The van der Waals surface area contributed by atoms with E-state index in [0.29, 0.717) is 50.8 Å². The number of nitrogens with zero attached hydrogens (tertiary/aromatic N) is 4. The zero-order valence-corrected chi connectivity index (χ0v) is 15.0. The van der Waals surface area contributed by atoms with Crippen molar-refractivity contribution in [1.82, 2.24) is 19.9 Å². The molecule has 0 radical (unpaired) electrons. The lowest BCUT2D eigenvalue weighted by molar-refractivity contribution is -0.141. The molecular weight excluding hydrogens is 352 g/mol. The minimum absolute atomic E-state index is 0.0282. The molecule has 0 aliphatic carbocycles. The first kappa shape index (κ1) is 17.3. The Morgan fingerprint density at radius 3 is 2.33 bits per heavy atom. The minimum atomic E-state index is -0.218. The van der Waals surface area contributed by atoms with Gasteiger partial charge >= 0.3 is 0 Å². The molecule has 2 saturated heterocycles. The molecule has 2 aliphatic rings. The van der Waals surface area contributed by atoms with Crippen LogP contribution in [0.2, 0.25) is 0 Å². The average molecular weight is 372 g/mol. The van der Waals surface area contributed by atoms with Crippen molar-refractivity contribution in [2.24, 2.45) is 5.92 Å². The molecule has 0 N–H and O–H groups in total. The van der Waals surface area contributed by atoms with E-state index in [1.807, 2.05) is 0 Å². The minimum Gasteiger partial charge on any atom is -0.459 e. The molecule has 142 valence electrons. The predicted octanol–water partition coefficient (Wildman–Crippen LogP) is 0.633. The van der Waals surface area contributed by atoms with Gasteiger partial charge in [0, 0.05) is 45.3 Å². The molecule has 9 heteroatoms. The van der Waals surface area contributed by atoms with Gasteiger partial charge in [-0.2, -0.15) is 0 Å². The molecule has 0 aromatic carbocycles. The van der Waals surface area contributed by atoms with E-state index >= 15 is 0 Å². The van der Waals surface area contributed by atoms with Crippen molar-refractivity contribution >= 4 is 17.7 Å². The number of rotatable bonds is 3. The molecule has 4 heterocycles. The molecule has 0 unspecified atom stereocenters. The van der Waals surface area contributed by atoms with Crippen LogP contribution in [0.5, 0.6) is 0 Å². The molecule has 0 atom stereocenters. The first-order valence-corrected chi connectivity index (χ1v) is 8.87. The second kappa shape index (κ2) is 6.90. The SMILES string of the molecule is Cc1cc(C(=O)N2CC(C(=O)N3CCN(C(=O)c4ccco4)CC3)C2)no1. The van der Waals surface area contributed by atoms with E-state index in [-0.39, 0.29) is 29.3 Å². The molecule has 2 aromatic rings. The van der Waals surface area contributed by atoms with E-state index in [1.54, 1.807) is 39.8 Å². The van der Waals surface area contributed by atoms with E-state index < -0.39 is 0 Å². The highest BCUT2D eigenvalue weighted by Gasteiger charge is 2.40. The van der Waals surface area contributed by atoms with Gasteiger partial charge < -0.3 is 23.6 Å². The standard InChI is InChI=1S/C18H20N4O5/c1-12-9-14(19-27-12)17(24)22-10-13(11-22)16(23)20-4-6-21(7-5-20)18(25)15-3-2-8-26-15/h2-3,8-9,13H,4-7,10-11H2,1H3. The summed E-state index contributed by atoms with van der Waals surface area (Å²) in [5.41, 5.74) is 0.267. The van der Waals surface area contributed by atoms with Crippen molar-refractivity contribution in [3.05, 3.63) is 41.7 Å². The van der Waals surface area contributed by atoms with Gasteiger partial charge in [-0.1, -0.05) is 5.16 Å². The highest BCUT2D eigenvalue weighted by molar-refractivity contribution is 5.94. The molecule has 9 nitrogen and oxygen atoms in total. The smallest absolute Gasteiger partial charge is 0.289 e. The van der Waals surface area contributed by atoms with Crippen LogP contribution < -0.4 is 0 Å². The summed E-state index contributed by atoms with van der Waals surface area (Å²) in [6, 6.07) is 4.90. The number of carbonyl (C=O) groups excluding carboxylic acids is 3. The van der Waals surface area contributed by atoms with Crippen molar-refractivity contribution in [3.63, 3.8) is 0 Å².